The number of ether oxygens (including phenoxy) is 1. The summed E-state index contributed by atoms with van der Waals surface area (Å²) >= 11 is 0. The van der Waals surface area contributed by atoms with Gasteiger partial charge >= 0.3 is 0 Å². The minimum absolute atomic E-state index is 0.568. The zero-order valence-corrected chi connectivity index (χ0v) is 24.1. The van der Waals surface area contributed by atoms with Crippen LogP contribution in [-0.4, -0.2) is 15.0 Å². The van der Waals surface area contributed by atoms with E-state index in [1.807, 2.05) is 66.7 Å². The Morgan fingerprint density at radius 3 is 1.93 bits per heavy atom. The van der Waals surface area contributed by atoms with E-state index >= 15 is 0 Å². The van der Waals surface area contributed by atoms with Gasteiger partial charge in [-0.1, -0.05) is 121 Å². The maximum absolute atomic E-state index is 6.35. The lowest BCUT2D eigenvalue weighted by atomic mass is 9.89. The van der Waals surface area contributed by atoms with Crippen LogP contribution in [-0.2, 0) is 6.61 Å². The van der Waals surface area contributed by atoms with Gasteiger partial charge in [0.2, 0.25) is 0 Å². The molecule has 0 N–H and O–H groups in total. The van der Waals surface area contributed by atoms with Crippen molar-refractivity contribution in [3.63, 3.8) is 0 Å². The standard InChI is InChI=1S/C40H25N3O2/c1-2-10-26(11-3-1)38-41-39(43-40(42-38)33-17-8-16-32-31-14-6-7-18-34(31)45-37(32)33)27-22-20-25(21-23-27)29-15-9-19-35-36(29)30-13-5-4-12-28(30)24-44-35/h1-23H,24H2. The van der Waals surface area contributed by atoms with Gasteiger partial charge in [-0.05, 0) is 40.5 Å². The minimum Gasteiger partial charge on any atom is -0.488 e. The molecule has 45 heavy (non-hydrogen) atoms. The van der Waals surface area contributed by atoms with E-state index in [4.69, 9.17) is 24.1 Å². The van der Waals surface area contributed by atoms with Gasteiger partial charge in [-0.15, -0.1) is 0 Å². The van der Waals surface area contributed by atoms with Crippen LogP contribution in [0.25, 0.3) is 78.4 Å². The summed E-state index contributed by atoms with van der Waals surface area (Å²) in [7, 11) is 0. The molecule has 1 aliphatic heterocycles. The van der Waals surface area contributed by atoms with Gasteiger partial charge in [0, 0.05) is 27.5 Å². The summed E-state index contributed by atoms with van der Waals surface area (Å²) in [5.41, 5.74) is 10.0. The van der Waals surface area contributed by atoms with E-state index in [1.54, 1.807) is 0 Å². The van der Waals surface area contributed by atoms with Gasteiger partial charge in [0.05, 0.1) is 5.56 Å². The fourth-order valence-corrected chi connectivity index (χ4v) is 6.28. The van der Waals surface area contributed by atoms with Gasteiger partial charge in [-0.3, -0.25) is 0 Å². The van der Waals surface area contributed by atoms with Gasteiger partial charge < -0.3 is 9.15 Å². The smallest absolute Gasteiger partial charge is 0.167 e. The second kappa shape index (κ2) is 10.3. The molecule has 0 saturated heterocycles. The Labute approximate surface area is 259 Å². The molecule has 2 aromatic heterocycles. The van der Waals surface area contributed by atoms with Crippen molar-refractivity contribution in [3.05, 3.63) is 145 Å². The number of aromatic nitrogens is 3. The van der Waals surface area contributed by atoms with Crippen molar-refractivity contribution in [1.82, 2.24) is 15.0 Å². The molecule has 0 aliphatic carbocycles. The molecular weight excluding hydrogens is 554 g/mol. The van der Waals surface area contributed by atoms with Crippen molar-refractivity contribution >= 4 is 21.9 Å². The maximum atomic E-state index is 6.35. The minimum atomic E-state index is 0.568. The predicted octanol–water partition coefficient (Wildman–Crippen LogP) is 10.00. The zero-order chi connectivity index (χ0) is 29.7. The highest BCUT2D eigenvalue weighted by molar-refractivity contribution is 6.09. The summed E-state index contributed by atoms with van der Waals surface area (Å²) in [4.78, 5) is 14.9. The first-order valence-corrected chi connectivity index (χ1v) is 15.0. The Bertz CT molecular complexity index is 2380. The second-order valence-corrected chi connectivity index (χ2v) is 11.2. The number of benzene rings is 6. The van der Waals surface area contributed by atoms with Crippen molar-refractivity contribution in [2.45, 2.75) is 6.61 Å². The molecule has 0 unspecified atom stereocenters. The van der Waals surface area contributed by atoms with E-state index in [1.165, 1.54) is 11.1 Å². The van der Waals surface area contributed by atoms with Crippen LogP contribution in [0.3, 0.4) is 0 Å². The summed E-state index contributed by atoms with van der Waals surface area (Å²) < 4.78 is 12.5. The normalized spacial score (nSPS) is 12.1. The van der Waals surface area contributed by atoms with Crippen molar-refractivity contribution in [1.29, 1.82) is 0 Å². The van der Waals surface area contributed by atoms with E-state index in [9.17, 15) is 0 Å². The number of para-hydroxylation sites is 2. The van der Waals surface area contributed by atoms with Crippen LogP contribution in [0, 0.1) is 0 Å². The van der Waals surface area contributed by atoms with Gasteiger partial charge in [-0.2, -0.15) is 0 Å². The van der Waals surface area contributed by atoms with Gasteiger partial charge in [-0.25, -0.2) is 15.0 Å². The van der Waals surface area contributed by atoms with Crippen molar-refractivity contribution in [3.8, 4) is 62.2 Å². The van der Waals surface area contributed by atoms with Gasteiger partial charge in [0.15, 0.2) is 17.5 Å². The van der Waals surface area contributed by atoms with Crippen LogP contribution in [0.2, 0.25) is 0 Å². The largest absolute Gasteiger partial charge is 0.488 e. The summed E-state index contributed by atoms with van der Waals surface area (Å²) in [5, 5.41) is 2.10. The SMILES string of the molecule is c1ccc(-c2nc(-c3ccc(-c4cccc5c4-c4ccccc4CO5)cc3)nc(-c3cccc4c3oc3ccccc34)n2)cc1. The van der Waals surface area contributed by atoms with Crippen LogP contribution >= 0.6 is 0 Å². The predicted molar refractivity (Wildman–Crippen MR) is 179 cm³/mol. The van der Waals surface area contributed by atoms with E-state index in [-0.39, 0.29) is 0 Å². The fraction of sp³-hybridized carbons (Fsp3) is 0.0250. The molecule has 212 valence electrons. The highest BCUT2D eigenvalue weighted by Crippen LogP contribution is 2.44. The molecule has 6 aromatic carbocycles. The molecule has 1 aliphatic rings. The van der Waals surface area contributed by atoms with Crippen LogP contribution in [0.5, 0.6) is 5.75 Å². The summed E-state index contributed by atoms with van der Waals surface area (Å²) in [5.74, 6) is 2.68. The van der Waals surface area contributed by atoms with E-state index in [0.717, 1.165) is 61.1 Å². The van der Waals surface area contributed by atoms with E-state index < -0.39 is 0 Å². The second-order valence-electron chi connectivity index (χ2n) is 11.2. The van der Waals surface area contributed by atoms with Crippen LogP contribution in [0.4, 0.5) is 0 Å². The lowest BCUT2D eigenvalue weighted by Crippen LogP contribution is -2.06. The maximum Gasteiger partial charge on any atom is 0.167 e. The van der Waals surface area contributed by atoms with E-state index in [2.05, 4.69) is 72.8 Å². The first kappa shape index (κ1) is 25.4. The molecule has 0 bridgehead atoms. The van der Waals surface area contributed by atoms with Crippen molar-refractivity contribution < 1.29 is 9.15 Å². The molecule has 0 saturated carbocycles. The Morgan fingerprint density at radius 1 is 0.444 bits per heavy atom. The number of furan rings is 1. The lowest BCUT2D eigenvalue weighted by molar-refractivity contribution is 0.302. The van der Waals surface area contributed by atoms with E-state index in [0.29, 0.717) is 24.1 Å². The Kier molecular flexibility index (Phi) is 5.81. The number of hydrogen-bond acceptors (Lipinski definition) is 5. The number of rotatable bonds is 4. The summed E-state index contributed by atoms with van der Waals surface area (Å²) in [6.07, 6.45) is 0. The first-order chi connectivity index (χ1) is 22.3. The molecule has 9 rings (SSSR count). The fourth-order valence-electron chi connectivity index (χ4n) is 6.28. The van der Waals surface area contributed by atoms with Crippen LogP contribution in [0.1, 0.15) is 5.56 Å². The molecule has 0 atom stereocenters. The zero-order valence-electron chi connectivity index (χ0n) is 24.1. The quantitative estimate of drug-likeness (QED) is 0.208. The molecule has 5 nitrogen and oxygen atoms in total. The molecule has 0 radical (unpaired) electrons. The van der Waals surface area contributed by atoms with Gasteiger partial charge in [0.1, 0.15) is 23.5 Å². The molecule has 0 amide bonds. The van der Waals surface area contributed by atoms with Crippen molar-refractivity contribution in [2.75, 3.05) is 0 Å². The molecule has 8 aromatic rings. The highest BCUT2D eigenvalue weighted by atomic mass is 16.5. The Hall–Kier alpha value is -6.07. The number of fused-ring (bicyclic) bond motifs is 6. The topological polar surface area (TPSA) is 61.0 Å². The highest BCUT2D eigenvalue weighted by Gasteiger charge is 2.21. The Morgan fingerprint density at radius 2 is 1.07 bits per heavy atom. The molecule has 0 spiro atoms. The summed E-state index contributed by atoms with van der Waals surface area (Å²) in [6, 6.07) is 47.4. The van der Waals surface area contributed by atoms with Crippen molar-refractivity contribution in [2.24, 2.45) is 0 Å². The number of nitrogens with zero attached hydrogens (tertiary/aromatic N) is 3. The third-order valence-electron chi connectivity index (χ3n) is 8.46. The van der Waals surface area contributed by atoms with Crippen LogP contribution < -0.4 is 4.74 Å². The average Bonchev–Trinajstić information content (AvgIpc) is 3.50. The number of hydrogen-bond donors (Lipinski definition) is 0. The molecule has 5 heteroatoms. The van der Waals surface area contributed by atoms with Gasteiger partial charge in [0.25, 0.3) is 0 Å². The molecule has 0 fully saturated rings. The average molecular weight is 580 g/mol. The molecular formula is C40H25N3O2. The van der Waals surface area contributed by atoms with Crippen LogP contribution in [0.15, 0.2) is 144 Å². The Balaban J connectivity index is 1.18. The third kappa shape index (κ3) is 4.28. The summed E-state index contributed by atoms with van der Waals surface area (Å²) in [6.45, 7) is 0.582. The lowest BCUT2D eigenvalue weighted by Gasteiger charge is -2.23. The monoisotopic (exact) mass is 579 g/mol. The third-order valence-corrected chi connectivity index (χ3v) is 8.46. The molecule has 3 heterocycles. The first-order valence-electron chi connectivity index (χ1n) is 15.0.